The fourth-order valence-corrected chi connectivity index (χ4v) is 2.53. The van der Waals surface area contributed by atoms with Gasteiger partial charge in [0.1, 0.15) is 5.82 Å². The van der Waals surface area contributed by atoms with Crippen LogP contribution in [0.3, 0.4) is 0 Å². The maximum atomic E-state index is 4.75. The fourth-order valence-electron chi connectivity index (χ4n) is 2.53. The number of nitrogens with zero attached hydrogens (tertiary/aromatic N) is 1. The van der Waals surface area contributed by atoms with Crippen molar-refractivity contribution in [2.45, 2.75) is 44.9 Å². The lowest BCUT2D eigenvalue weighted by atomic mass is 9.68. The Kier molecular flexibility index (Phi) is 2.83. The summed E-state index contributed by atoms with van der Waals surface area (Å²) < 4.78 is 0. The van der Waals surface area contributed by atoms with E-state index < -0.39 is 0 Å². The highest BCUT2D eigenvalue weighted by Crippen LogP contribution is 2.42. The molecule has 1 aromatic heterocycles. The SMILES string of the molecule is CCc1nc(C2(CNC)CCC2)[nH]c1C. The lowest BCUT2D eigenvalue weighted by molar-refractivity contribution is 0.226. The Morgan fingerprint density at radius 3 is 2.60 bits per heavy atom. The number of nitrogens with one attached hydrogen (secondary N) is 2. The van der Waals surface area contributed by atoms with Crippen LogP contribution >= 0.6 is 0 Å². The van der Waals surface area contributed by atoms with Crippen LogP contribution in [-0.4, -0.2) is 23.6 Å². The van der Waals surface area contributed by atoms with Crippen molar-refractivity contribution in [1.29, 1.82) is 0 Å². The normalized spacial score (nSPS) is 18.9. The van der Waals surface area contributed by atoms with Crippen LogP contribution in [0, 0.1) is 6.92 Å². The van der Waals surface area contributed by atoms with E-state index in [4.69, 9.17) is 4.98 Å². The van der Waals surface area contributed by atoms with Gasteiger partial charge < -0.3 is 10.3 Å². The first-order valence-electron chi connectivity index (χ1n) is 5.92. The highest BCUT2D eigenvalue weighted by atomic mass is 15.0. The number of hydrogen-bond donors (Lipinski definition) is 2. The molecule has 0 saturated heterocycles. The smallest absolute Gasteiger partial charge is 0.114 e. The zero-order valence-corrected chi connectivity index (χ0v) is 9.98. The number of imidazole rings is 1. The van der Waals surface area contributed by atoms with Gasteiger partial charge in [0, 0.05) is 17.7 Å². The Bertz CT molecular complexity index is 337. The lowest BCUT2D eigenvalue weighted by Gasteiger charge is -2.40. The molecule has 0 aromatic carbocycles. The van der Waals surface area contributed by atoms with Crippen LogP contribution in [0.1, 0.15) is 43.4 Å². The van der Waals surface area contributed by atoms with Gasteiger partial charge in [0.25, 0.3) is 0 Å². The molecule has 2 rings (SSSR count). The predicted molar refractivity (Wildman–Crippen MR) is 62.2 cm³/mol. The van der Waals surface area contributed by atoms with Gasteiger partial charge in [-0.1, -0.05) is 13.3 Å². The summed E-state index contributed by atoms with van der Waals surface area (Å²) in [5.41, 5.74) is 2.77. The molecular weight excluding hydrogens is 186 g/mol. The molecule has 15 heavy (non-hydrogen) atoms. The molecule has 0 amide bonds. The number of aryl methyl sites for hydroxylation is 2. The second-order valence-electron chi connectivity index (χ2n) is 4.67. The van der Waals surface area contributed by atoms with Gasteiger partial charge in [-0.3, -0.25) is 0 Å². The molecule has 0 bridgehead atoms. The zero-order valence-electron chi connectivity index (χ0n) is 9.98. The molecule has 2 N–H and O–H groups in total. The third-order valence-electron chi connectivity index (χ3n) is 3.65. The van der Waals surface area contributed by atoms with Gasteiger partial charge in [-0.25, -0.2) is 4.98 Å². The molecule has 3 heteroatoms. The molecule has 0 radical (unpaired) electrons. The van der Waals surface area contributed by atoms with E-state index in [2.05, 4.69) is 24.1 Å². The molecule has 1 fully saturated rings. The molecule has 1 aliphatic carbocycles. The Labute approximate surface area is 91.7 Å². The first-order valence-corrected chi connectivity index (χ1v) is 5.92. The van der Waals surface area contributed by atoms with Crippen LogP contribution in [0.25, 0.3) is 0 Å². The predicted octanol–water partition coefficient (Wildman–Crippen LogP) is 1.92. The minimum Gasteiger partial charge on any atom is -0.345 e. The minimum absolute atomic E-state index is 0.299. The number of rotatable bonds is 4. The van der Waals surface area contributed by atoms with Crippen molar-refractivity contribution in [2.75, 3.05) is 13.6 Å². The minimum atomic E-state index is 0.299. The number of aromatic nitrogens is 2. The van der Waals surface area contributed by atoms with Gasteiger partial charge in [-0.15, -0.1) is 0 Å². The molecule has 0 aliphatic heterocycles. The number of likely N-dealkylation sites (N-methyl/N-ethyl adjacent to an activating group) is 1. The summed E-state index contributed by atoms with van der Waals surface area (Å²) in [4.78, 5) is 8.22. The van der Waals surface area contributed by atoms with Gasteiger partial charge in [0.05, 0.1) is 5.69 Å². The summed E-state index contributed by atoms with van der Waals surface area (Å²) in [6.07, 6.45) is 4.90. The summed E-state index contributed by atoms with van der Waals surface area (Å²) in [5, 5.41) is 3.30. The third-order valence-corrected chi connectivity index (χ3v) is 3.65. The molecule has 1 aromatic rings. The third kappa shape index (κ3) is 1.69. The van der Waals surface area contributed by atoms with Gasteiger partial charge in [0.15, 0.2) is 0 Å². The van der Waals surface area contributed by atoms with Gasteiger partial charge >= 0.3 is 0 Å². The standard InChI is InChI=1S/C12H21N3/c1-4-10-9(2)14-11(15-10)12(8-13-3)6-5-7-12/h13H,4-8H2,1-3H3,(H,14,15). The Morgan fingerprint density at radius 2 is 2.20 bits per heavy atom. The molecule has 3 nitrogen and oxygen atoms in total. The monoisotopic (exact) mass is 207 g/mol. The van der Waals surface area contributed by atoms with Crippen LogP contribution in [-0.2, 0) is 11.8 Å². The van der Waals surface area contributed by atoms with E-state index in [9.17, 15) is 0 Å². The van der Waals surface area contributed by atoms with Crippen LogP contribution < -0.4 is 5.32 Å². The summed E-state index contributed by atoms with van der Waals surface area (Å²) in [6.45, 7) is 5.34. The Hall–Kier alpha value is -0.830. The van der Waals surface area contributed by atoms with E-state index in [1.807, 2.05) is 7.05 Å². The van der Waals surface area contributed by atoms with Crippen molar-refractivity contribution in [2.24, 2.45) is 0 Å². The zero-order chi connectivity index (χ0) is 10.9. The molecule has 84 valence electrons. The molecule has 0 spiro atoms. The van der Waals surface area contributed by atoms with E-state index >= 15 is 0 Å². The first kappa shape index (κ1) is 10.7. The van der Waals surface area contributed by atoms with Crippen molar-refractivity contribution in [3.05, 3.63) is 17.2 Å². The number of aromatic amines is 1. The Balaban J connectivity index is 2.26. The molecule has 1 aliphatic rings. The highest BCUT2D eigenvalue weighted by Gasteiger charge is 2.40. The van der Waals surface area contributed by atoms with Crippen LogP contribution in [0.15, 0.2) is 0 Å². The summed E-state index contributed by atoms with van der Waals surface area (Å²) in [7, 11) is 2.02. The summed E-state index contributed by atoms with van der Waals surface area (Å²) in [6, 6.07) is 0. The molecule has 0 unspecified atom stereocenters. The van der Waals surface area contributed by atoms with E-state index in [0.717, 1.165) is 13.0 Å². The second-order valence-corrected chi connectivity index (χ2v) is 4.67. The van der Waals surface area contributed by atoms with Crippen molar-refractivity contribution in [3.8, 4) is 0 Å². The van der Waals surface area contributed by atoms with Gasteiger partial charge in [0.2, 0.25) is 0 Å². The molecule has 0 atom stereocenters. The van der Waals surface area contributed by atoms with Crippen LogP contribution in [0.2, 0.25) is 0 Å². The lowest BCUT2D eigenvalue weighted by Crippen LogP contribution is -2.43. The van der Waals surface area contributed by atoms with Gasteiger partial charge in [-0.2, -0.15) is 0 Å². The number of hydrogen-bond acceptors (Lipinski definition) is 2. The van der Waals surface area contributed by atoms with Crippen molar-refractivity contribution in [1.82, 2.24) is 15.3 Å². The molecule has 1 heterocycles. The van der Waals surface area contributed by atoms with E-state index in [1.54, 1.807) is 0 Å². The highest BCUT2D eigenvalue weighted by molar-refractivity contribution is 5.22. The number of H-pyrrole nitrogens is 1. The maximum absolute atomic E-state index is 4.75. The topological polar surface area (TPSA) is 40.7 Å². The largest absolute Gasteiger partial charge is 0.345 e. The average molecular weight is 207 g/mol. The van der Waals surface area contributed by atoms with Crippen LogP contribution in [0.4, 0.5) is 0 Å². The molecular formula is C12H21N3. The van der Waals surface area contributed by atoms with E-state index in [1.165, 1.54) is 36.5 Å². The quantitative estimate of drug-likeness (QED) is 0.792. The second kappa shape index (κ2) is 3.97. The van der Waals surface area contributed by atoms with Crippen LogP contribution in [0.5, 0.6) is 0 Å². The maximum Gasteiger partial charge on any atom is 0.114 e. The molecule has 1 saturated carbocycles. The summed E-state index contributed by atoms with van der Waals surface area (Å²) >= 11 is 0. The fraction of sp³-hybridized carbons (Fsp3) is 0.750. The summed E-state index contributed by atoms with van der Waals surface area (Å²) in [5.74, 6) is 1.21. The van der Waals surface area contributed by atoms with Crippen molar-refractivity contribution >= 4 is 0 Å². The average Bonchev–Trinajstić information content (AvgIpc) is 2.53. The first-order chi connectivity index (χ1) is 7.22. The Morgan fingerprint density at radius 1 is 1.47 bits per heavy atom. The van der Waals surface area contributed by atoms with E-state index in [0.29, 0.717) is 5.41 Å². The van der Waals surface area contributed by atoms with Crippen molar-refractivity contribution < 1.29 is 0 Å². The van der Waals surface area contributed by atoms with E-state index in [-0.39, 0.29) is 0 Å². The van der Waals surface area contributed by atoms with Crippen molar-refractivity contribution in [3.63, 3.8) is 0 Å². The van der Waals surface area contributed by atoms with Gasteiger partial charge in [-0.05, 0) is 33.2 Å².